The monoisotopic (exact) mass is 245 g/mol. The lowest BCUT2D eigenvalue weighted by atomic mass is 10.1. The number of hydrogen-bond acceptors (Lipinski definition) is 2. The first-order valence-corrected chi connectivity index (χ1v) is 6.90. The van der Waals surface area contributed by atoms with E-state index in [4.69, 9.17) is 0 Å². The predicted molar refractivity (Wildman–Crippen MR) is 76.8 cm³/mol. The molecule has 0 fully saturated rings. The molecule has 1 aromatic carbocycles. The van der Waals surface area contributed by atoms with Crippen LogP contribution in [-0.4, -0.2) is 22.4 Å². The molecule has 3 nitrogen and oxygen atoms in total. The number of aryl methyl sites for hydroxylation is 1. The highest BCUT2D eigenvalue weighted by Gasteiger charge is 2.12. The Hall–Kier alpha value is -1.35. The number of benzene rings is 1. The van der Waals surface area contributed by atoms with Gasteiger partial charge < -0.3 is 5.32 Å². The summed E-state index contributed by atoms with van der Waals surface area (Å²) >= 11 is 0. The second-order valence-corrected chi connectivity index (χ2v) is 4.85. The Kier molecular flexibility index (Phi) is 4.37. The van der Waals surface area contributed by atoms with Crippen LogP contribution >= 0.6 is 0 Å². The van der Waals surface area contributed by atoms with Crippen molar-refractivity contribution < 1.29 is 0 Å². The fourth-order valence-electron chi connectivity index (χ4n) is 2.38. The van der Waals surface area contributed by atoms with E-state index in [0.717, 1.165) is 19.4 Å². The lowest BCUT2D eigenvalue weighted by Crippen LogP contribution is -2.31. The largest absolute Gasteiger partial charge is 0.314 e. The maximum Gasteiger partial charge on any atom is 0.0718 e. The first-order chi connectivity index (χ1) is 8.76. The zero-order valence-electron chi connectivity index (χ0n) is 11.6. The van der Waals surface area contributed by atoms with Gasteiger partial charge in [-0.3, -0.25) is 4.68 Å². The normalized spacial score (nSPS) is 13.1. The molecular weight excluding hydrogens is 222 g/mol. The van der Waals surface area contributed by atoms with Crippen molar-refractivity contribution >= 4 is 10.9 Å². The molecule has 1 atom stereocenters. The van der Waals surface area contributed by atoms with Crippen LogP contribution in [0.2, 0.25) is 0 Å². The molecule has 3 heteroatoms. The molecule has 0 aliphatic carbocycles. The molecule has 0 saturated carbocycles. The molecule has 0 aliphatic rings. The Morgan fingerprint density at radius 1 is 1.28 bits per heavy atom. The van der Waals surface area contributed by atoms with Gasteiger partial charge in [-0.05, 0) is 25.5 Å². The Morgan fingerprint density at radius 3 is 2.78 bits per heavy atom. The van der Waals surface area contributed by atoms with Crippen molar-refractivity contribution in [2.75, 3.05) is 6.54 Å². The number of rotatable bonds is 6. The Morgan fingerprint density at radius 2 is 2.06 bits per heavy atom. The van der Waals surface area contributed by atoms with Crippen LogP contribution in [0.4, 0.5) is 0 Å². The molecule has 98 valence electrons. The van der Waals surface area contributed by atoms with Crippen LogP contribution in [0.1, 0.15) is 32.4 Å². The first-order valence-electron chi connectivity index (χ1n) is 6.90. The van der Waals surface area contributed by atoms with Gasteiger partial charge in [0.05, 0.1) is 11.2 Å². The van der Waals surface area contributed by atoms with E-state index in [2.05, 4.69) is 48.5 Å². The average molecular weight is 245 g/mol. The quantitative estimate of drug-likeness (QED) is 0.848. The van der Waals surface area contributed by atoms with E-state index in [1.54, 1.807) is 0 Å². The van der Waals surface area contributed by atoms with Crippen LogP contribution in [0.15, 0.2) is 24.3 Å². The number of fused-ring (bicyclic) bond motifs is 1. The van der Waals surface area contributed by atoms with E-state index in [1.807, 2.05) is 11.7 Å². The smallest absolute Gasteiger partial charge is 0.0718 e. The third-order valence-corrected chi connectivity index (χ3v) is 3.45. The van der Waals surface area contributed by atoms with Crippen LogP contribution in [0, 0.1) is 0 Å². The summed E-state index contributed by atoms with van der Waals surface area (Å²) in [6, 6.07) is 8.99. The van der Waals surface area contributed by atoms with Crippen molar-refractivity contribution in [2.45, 2.75) is 39.2 Å². The van der Waals surface area contributed by atoms with E-state index in [0.29, 0.717) is 6.04 Å². The maximum absolute atomic E-state index is 4.66. The van der Waals surface area contributed by atoms with Gasteiger partial charge in [-0.2, -0.15) is 5.10 Å². The van der Waals surface area contributed by atoms with Crippen molar-refractivity contribution in [3.8, 4) is 0 Å². The first kappa shape index (κ1) is 13.1. The molecular formula is C15H23N3. The van der Waals surface area contributed by atoms with Crippen molar-refractivity contribution in [1.82, 2.24) is 15.1 Å². The SMILES string of the molecule is CCCNC(CC)Cc1nn(C)c2ccccc12. The highest BCUT2D eigenvalue weighted by Crippen LogP contribution is 2.19. The Labute approximate surface area is 109 Å². The number of hydrogen-bond donors (Lipinski definition) is 1. The van der Waals surface area contributed by atoms with Crippen LogP contribution in [-0.2, 0) is 13.5 Å². The second-order valence-electron chi connectivity index (χ2n) is 4.85. The highest BCUT2D eigenvalue weighted by atomic mass is 15.3. The van der Waals surface area contributed by atoms with Crippen molar-refractivity contribution in [3.63, 3.8) is 0 Å². The lowest BCUT2D eigenvalue weighted by Gasteiger charge is -2.15. The fourth-order valence-corrected chi connectivity index (χ4v) is 2.38. The molecule has 0 radical (unpaired) electrons. The average Bonchev–Trinajstić information content (AvgIpc) is 2.72. The van der Waals surface area contributed by atoms with Crippen molar-refractivity contribution in [3.05, 3.63) is 30.0 Å². The Balaban J connectivity index is 2.20. The van der Waals surface area contributed by atoms with Gasteiger partial charge >= 0.3 is 0 Å². The molecule has 1 N–H and O–H groups in total. The number of nitrogens with one attached hydrogen (secondary N) is 1. The van der Waals surface area contributed by atoms with E-state index in [9.17, 15) is 0 Å². The second kappa shape index (κ2) is 6.01. The van der Waals surface area contributed by atoms with Gasteiger partial charge in [0.15, 0.2) is 0 Å². The van der Waals surface area contributed by atoms with E-state index < -0.39 is 0 Å². The fraction of sp³-hybridized carbons (Fsp3) is 0.533. The molecule has 1 aromatic heterocycles. The topological polar surface area (TPSA) is 29.9 Å². The van der Waals surface area contributed by atoms with E-state index in [-0.39, 0.29) is 0 Å². The molecule has 0 bridgehead atoms. The summed E-state index contributed by atoms with van der Waals surface area (Å²) in [6.45, 7) is 5.53. The van der Waals surface area contributed by atoms with Crippen LogP contribution < -0.4 is 5.32 Å². The summed E-state index contributed by atoms with van der Waals surface area (Å²) in [4.78, 5) is 0. The summed E-state index contributed by atoms with van der Waals surface area (Å²) in [5.41, 5.74) is 2.43. The maximum atomic E-state index is 4.66. The predicted octanol–water partition coefficient (Wildman–Crippen LogP) is 2.89. The van der Waals surface area contributed by atoms with Crippen LogP contribution in [0.25, 0.3) is 10.9 Å². The van der Waals surface area contributed by atoms with Crippen molar-refractivity contribution in [1.29, 1.82) is 0 Å². The van der Waals surface area contributed by atoms with E-state index >= 15 is 0 Å². The number of nitrogens with zero attached hydrogens (tertiary/aromatic N) is 2. The van der Waals surface area contributed by atoms with Gasteiger partial charge in [-0.25, -0.2) is 0 Å². The zero-order chi connectivity index (χ0) is 13.0. The molecule has 0 spiro atoms. The summed E-state index contributed by atoms with van der Waals surface area (Å²) in [7, 11) is 2.02. The van der Waals surface area contributed by atoms with Gasteiger partial charge in [0.25, 0.3) is 0 Å². The molecule has 0 amide bonds. The standard InChI is InChI=1S/C15H23N3/c1-4-10-16-12(5-2)11-14-13-8-6-7-9-15(13)18(3)17-14/h6-9,12,16H,4-5,10-11H2,1-3H3. The molecule has 0 aliphatic heterocycles. The van der Waals surface area contributed by atoms with Gasteiger partial charge in [0, 0.05) is 24.9 Å². The zero-order valence-corrected chi connectivity index (χ0v) is 11.6. The van der Waals surface area contributed by atoms with Gasteiger partial charge in [0.2, 0.25) is 0 Å². The Bertz CT molecular complexity index is 501. The summed E-state index contributed by atoms with van der Waals surface area (Å²) in [5.74, 6) is 0. The van der Waals surface area contributed by atoms with Crippen LogP contribution in [0.5, 0.6) is 0 Å². The molecule has 0 saturated heterocycles. The molecule has 1 heterocycles. The lowest BCUT2D eigenvalue weighted by molar-refractivity contribution is 0.489. The van der Waals surface area contributed by atoms with Gasteiger partial charge in [-0.15, -0.1) is 0 Å². The minimum Gasteiger partial charge on any atom is -0.314 e. The molecule has 2 aromatic rings. The molecule has 2 rings (SSSR count). The van der Waals surface area contributed by atoms with Crippen molar-refractivity contribution in [2.24, 2.45) is 7.05 Å². The third kappa shape index (κ3) is 2.72. The summed E-state index contributed by atoms with van der Waals surface area (Å²) in [6.07, 6.45) is 3.34. The minimum absolute atomic E-state index is 0.531. The number of aromatic nitrogens is 2. The van der Waals surface area contributed by atoms with Gasteiger partial charge in [0.1, 0.15) is 0 Å². The van der Waals surface area contributed by atoms with E-state index in [1.165, 1.54) is 23.0 Å². The molecule has 1 unspecified atom stereocenters. The summed E-state index contributed by atoms with van der Waals surface area (Å²) in [5, 5.41) is 9.54. The minimum atomic E-state index is 0.531. The van der Waals surface area contributed by atoms with Crippen LogP contribution in [0.3, 0.4) is 0 Å². The number of para-hydroxylation sites is 1. The third-order valence-electron chi connectivity index (χ3n) is 3.45. The molecule has 18 heavy (non-hydrogen) atoms. The highest BCUT2D eigenvalue weighted by molar-refractivity contribution is 5.81. The summed E-state index contributed by atoms with van der Waals surface area (Å²) < 4.78 is 1.98. The van der Waals surface area contributed by atoms with Gasteiger partial charge in [-0.1, -0.05) is 32.0 Å².